The van der Waals surface area contributed by atoms with Gasteiger partial charge in [0.1, 0.15) is 0 Å². The second-order valence-electron chi connectivity index (χ2n) is 9.70. The number of allylic oxidation sites excluding steroid dienone is 2. The summed E-state index contributed by atoms with van der Waals surface area (Å²) in [6.45, 7) is 25.2. The third kappa shape index (κ3) is 10.8. The van der Waals surface area contributed by atoms with Crippen LogP contribution in [0, 0.1) is 17.8 Å². The van der Waals surface area contributed by atoms with Crippen LogP contribution in [0.25, 0.3) is 0 Å². The van der Waals surface area contributed by atoms with Gasteiger partial charge in [-0.05, 0) is 62.1 Å². The molecule has 0 heterocycles. The molecular formula is C21H43IO2Si2. The average Bonchev–Trinajstić information content (AvgIpc) is 2.47. The van der Waals surface area contributed by atoms with Crippen molar-refractivity contribution >= 4 is 39.2 Å². The molecule has 0 aliphatic heterocycles. The van der Waals surface area contributed by atoms with E-state index in [9.17, 15) is 0 Å². The van der Waals surface area contributed by atoms with E-state index >= 15 is 0 Å². The van der Waals surface area contributed by atoms with Gasteiger partial charge < -0.3 is 8.85 Å². The number of hydrogen-bond donors (Lipinski definition) is 0. The molecule has 0 spiro atoms. The summed E-state index contributed by atoms with van der Waals surface area (Å²) in [7, 11) is -3.28. The summed E-state index contributed by atoms with van der Waals surface area (Å²) in [5, 5.41) is 0. The molecule has 0 aromatic carbocycles. The van der Waals surface area contributed by atoms with Crippen molar-refractivity contribution in [1.29, 1.82) is 0 Å². The predicted molar refractivity (Wildman–Crippen MR) is 131 cm³/mol. The van der Waals surface area contributed by atoms with Crippen molar-refractivity contribution in [3.63, 3.8) is 0 Å². The third-order valence-electron chi connectivity index (χ3n) is 4.59. The first-order valence-corrected chi connectivity index (χ1v) is 18.1. The first-order chi connectivity index (χ1) is 11.7. The molecule has 0 aliphatic carbocycles. The van der Waals surface area contributed by atoms with Crippen LogP contribution in [0.3, 0.4) is 0 Å². The van der Waals surface area contributed by atoms with Crippen LogP contribution in [0.1, 0.15) is 41.0 Å². The fourth-order valence-corrected chi connectivity index (χ4v) is 6.41. The van der Waals surface area contributed by atoms with E-state index in [-0.39, 0.29) is 12.2 Å². The Morgan fingerprint density at radius 1 is 0.923 bits per heavy atom. The first-order valence-electron chi connectivity index (χ1n) is 10.0. The molecule has 0 radical (unpaired) electrons. The molecule has 0 aliphatic rings. The van der Waals surface area contributed by atoms with Gasteiger partial charge in [-0.25, -0.2) is 0 Å². The molecular weight excluding hydrogens is 467 g/mol. The Hall–Kier alpha value is 0.564. The molecule has 0 saturated heterocycles. The van der Waals surface area contributed by atoms with E-state index in [1.54, 1.807) is 0 Å². The van der Waals surface area contributed by atoms with Crippen LogP contribution < -0.4 is 0 Å². The highest BCUT2D eigenvalue weighted by Gasteiger charge is 2.37. The Labute approximate surface area is 179 Å². The Kier molecular flexibility index (Phi) is 11.8. The minimum absolute atomic E-state index is 0.189. The summed E-state index contributed by atoms with van der Waals surface area (Å²) in [5.41, 5.74) is 1.30. The minimum Gasteiger partial charge on any atom is -0.414 e. The first kappa shape index (κ1) is 26.6. The molecule has 0 bridgehead atoms. The summed E-state index contributed by atoms with van der Waals surface area (Å²) >= 11 is 2.28. The third-order valence-corrected chi connectivity index (χ3v) is 6.91. The topological polar surface area (TPSA) is 18.5 Å². The van der Waals surface area contributed by atoms with Gasteiger partial charge in [-0.2, -0.15) is 0 Å². The maximum atomic E-state index is 6.73. The Morgan fingerprint density at radius 3 is 1.77 bits per heavy atom. The molecule has 0 N–H and O–H groups in total. The molecule has 26 heavy (non-hydrogen) atoms. The largest absolute Gasteiger partial charge is 0.414 e. The van der Waals surface area contributed by atoms with Gasteiger partial charge in [0.25, 0.3) is 0 Å². The van der Waals surface area contributed by atoms with Gasteiger partial charge in [0.2, 0.25) is 0 Å². The van der Waals surface area contributed by atoms with E-state index in [0.717, 1.165) is 6.42 Å². The molecule has 5 heteroatoms. The Balaban J connectivity index is 5.77. The molecule has 0 rings (SSSR count). The van der Waals surface area contributed by atoms with Crippen molar-refractivity contribution in [2.45, 2.75) is 92.5 Å². The highest BCUT2D eigenvalue weighted by atomic mass is 127. The highest BCUT2D eigenvalue weighted by Crippen LogP contribution is 2.32. The van der Waals surface area contributed by atoms with Gasteiger partial charge in [-0.1, -0.05) is 74.4 Å². The van der Waals surface area contributed by atoms with E-state index in [2.05, 4.69) is 113 Å². The standard InChI is InChI=1S/C21H43IO2Si2/c1-12-17(3)20(23-25(6,7)8)19(5)21(24-26(9,10)11)18(4)15-16(2)13-14-22/h13-15,17-21H,12H2,1-11H3/b14-13+,16-15+/t17-,18+,19-,20+,21+/m0/s1. The molecule has 0 fully saturated rings. The van der Waals surface area contributed by atoms with Crippen LogP contribution in [0.2, 0.25) is 39.3 Å². The van der Waals surface area contributed by atoms with Crippen LogP contribution in [0.4, 0.5) is 0 Å². The van der Waals surface area contributed by atoms with Crippen molar-refractivity contribution in [3.8, 4) is 0 Å². The van der Waals surface area contributed by atoms with Gasteiger partial charge in [-0.15, -0.1) is 0 Å². The van der Waals surface area contributed by atoms with Gasteiger partial charge in [0.05, 0.1) is 12.2 Å². The summed E-state index contributed by atoms with van der Waals surface area (Å²) in [5.74, 6) is 1.27. The minimum atomic E-state index is -1.66. The van der Waals surface area contributed by atoms with E-state index in [1.807, 2.05) is 0 Å². The van der Waals surface area contributed by atoms with Gasteiger partial charge >= 0.3 is 0 Å². The van der Waals surface area contributed by atoms with E-state index in [1.165, 1.54) is 5.57 Å². The van der Waals surface area contributed by atoms with E-state index in [0.29, 0.717) is 17.8 Å². The predicted octanol–water partition coefficient (Wildman–Crippen LogP) is 7.64. The molecule has 0 amide bonds. The fraction of sp³-hybridized carbons (Fsp3) is 0.810. The second kappa shape index (κ2) is 11.5. The molecule has 2 nitrogen and oxygen atoms in total. The lowest BCUT2D eigenvalue weighted by Crippen LogP contribution is -2.48. The summed E-state index contributed by atoms with van der Waals surface area (Å²) in [6.07, 6.45) is 6.11. The lowest BCUT2D eigenvalue weighted by atomic mass is 9.83. The summed E-state index contributed by atoms with van der Waals surface area (Å²) < 4.78 is 15.5. The number of halogens is 1. The van der Waals surface area contributed by atoms with Crippen LogP contribution >= 0.6 is 22.6 Å². The molecule has 0 unspecified atom stereocenters. The zero-order valence-electron chi connectivity index (χ0n) is 19.0. The van der Waals surface area contributed by atoms with E-state index < -0.39 is 16.6 Å². The van der Waals surface area contributed by atoms with E-state index in [4.69, 9.17) is 8.85 Å². The lowest BCUT2D eigenvalue weighted by Gasteiger charge is -2.42. The zero-order chi connectivity index (χ0) is 20.7. The lowest BCUT2D eigenvalue weighted by molar-refractivity contribution is -0.00242. The quantitative estimate of drug-likeness (QED) is 0.162. The highest BCUT2D eigenvalue weighted by molar-refractivity contribution is 14.1. The smallest absolute Gasteiger partial charge is 0.184 e. The Bertz CT molecular complexity index is 464. The molecule has 5 atom stereocenters. The van der Waals surface area contributed by atoms with Gasteiger partial charge in [-0.3, -0.25) is 0 Å². The Morgan fingerprint density at radius 2 is 1.38 bits per heavy atom. The monoisotopic (exact) mass is 510 g/mol. The van der Waals surface area contributed by atoms with Crippen molar-refractivity contribution in [2.24, 2.45) is 17.8 Å². The number of rotatable bonds is 11. The van der Waals surface area contributed by atoms with Crippen molar-refractivity contribution < 1.29 is 8.85 Å². The summed E-state index contributed by atoms with van der Waals surface area (Å²) in [6, 6.07) is 0. The maximum Gasteiger partial charge on any atom is 0.184 e. The molecule has 154 valence electrons. The summed E-state index contributed by atoms with van der Waals surface area (Å²) in [4.78, 5) is 0. The van der Waals surface area contributed by atoms with Crippen LogP contribution in [-0.4, -0.2) is 28.8 Å². The van der Waals surface area contributed by atoms with Crippen molar-refractivity contribution in [3.05, 3.63) is 21.8 Å². The normalized spacial score (nSPS) is 20.1. The molecule has 0 aromatic rings. The van der Waals surface area contributed by atoms with Crippen molar-refractivity contribution in [2.75, 3.05) is 0 Å². The van der Waals surface area contributed by atoms with Crippen LogP contribution in [0.5, 0.6) is 0 Å². The fourth-order valence-electron chi connectivity index (χ4n) is 3.34. The maximum absolute atomic E-state index is 6.73. The molecule has 0 saturated carbocycles. The number of hydrogen-bond acceptors (Lipinski definition) is 2. The zero-order valence-corrected chi connectivity index (χ0v) is 23.2. The SMILES string of the molecule is CC[C@H](C)[C@@H](O[Si](C)(C)C)[C@H](C)[C@H](O[Si](C)(C)C)[C@H](C)/C=C(C)/C=C/I. The van der Waals surface area contributed by atoms with Crippen molar-refractivity contribution in [1.82, 2.24) is 0 Å². The van der Waals surface area contributed by atoms with Gasteiger partial charge in [0, 0.05) is 5.92 Å². The average molecular weight is 511 g/mol. The second-order valence-corrected chi connectivity index (χ2v) is 19.3. The van der Waals surface area contributed by atoms with Crippen LogP contribution in [-0.2, 0) is 8.85 Å². The molecule has 0 aromatic heterocycles. The van der Waals surface area contributed by atoms with Crippen LogP contribution in [0.15, 0.2) is 21.8 Å². The van der Waals surface area contributed by atoms with Gasteiger partial charge in [0.15, 0.2) is 16.6 Å².